The molecule has 1 aliphatic rings. The van der Waals surface area contributed by atoms with Crippen molar-refractivity contribution in [3.05, 3.63) is 125 Å². The number of aliphatic carboxylic acids is 1. The molecule has 0 radical (unpaired) electrons. The molecule has 1 heterocycles. The molecule has 0 fully saturated rings. The Labute approximate surface area is 243 Å². The van der Waals surface area contributed by atoms with Crippen molar-refractivity contribution in [2.75, 3.05) is 22.3 Å². The Balaban J connectivity index is 0.000000193. The van der Waals surface area contributed by atoms with E-state index in [0.29, 0.717) is 42.0 Å². The van der Waals surface area contributed by atoms with Crippen LogP contribution in [-0.4, -0.2) is 44.4 Å². The largest absolute Gasteiger partial charge is 0.480 e. The van der Waals surface area contributed by atoms with Gasteiger partial charge in [0.2, 0.25) is 5.91 Å². The van der Waals surface area contributed by atoms with Gasteiger partial charge in [0.15, 0.2) is 0 Å². The average molecular weight is 587 g/mol. The molecule has 5 rings (SSSR count). The first-order valence-electron chi connectivity index (χ1n) is 13.0. The number of anilines is 2. The number of para-hydroxylation sites is 1. The standard InChI is InChI=1S/C16H16N2O3.C15H14N2O3S/c17-10-12-5-4-6-13(9-12)16(21)18(11-15(19)20)14-7-2-1-3-8-14;16-15(18)12-7-6-11-8-9-17(14(11)10-12)21(19,20)13-4-2-1-3-5-13/h1-9H,10-11,17H2,(H,19,20);1-7,10H,8-9H2,(H2,16,18). The van der Waals surface area contributed by atoms with E-state index in [1.165, 1.54) is 9.21 Å². The lowest BCUT2D eigenvalue weighted by atomic mass is 10.1. The number of nitrogens with two attached hydrogens (primary N) is 2. The van der Waals surface area contributed by atoms with Crippen molar-refractivity contribution in [1.82, 2.24) is 0 Å². The SMILES string of the molecule is NC(=O)c1ccc2c(c1)N(S(=O)(=O)c1ccccc1)CC2.NCc1cccc(C(=O)N(CC(=O)O)c2ccccc2)c1. The van der Waals surface area contributed by atoms with Crippen LogP contribution in [0.3, 0.4) is 0 Å². The molecule has 42 heavy (non-hydrogen) atoms. The molecule has 0 atom stereocenters. The first-order chi connectivity index (χ1) is 20.1. The smallest absolute Gasteiger partial charge is 0.323 e. The number of rotatable bonds is 8. The normalized spacial score (nSPS) is 12.1. The second-order valence-electron chi connectivity index (χ2n) is 9.37. The predicted octanol–water partition coefficient (Wildman–Crippen LogP) is 3.41. The number of carbonyl (C=O) groups is 3. The molecule has 216 valence electrons. The molecule has 4 aromatic carbocycles. The van der Waals surface area contributed by atoms with Gasteiger partial charge in [-0.15, -0.1) is 0 Å². The van der Waals surface area contributed by atoms with Crippen LogP contribution in [0.2, 0.25) is 0 Å². The number of amides is 2. The summed E-state index contributed by atoms with van der Waals surface area (Å²) in [6, 6.07) is 28.8. The third-order valence-electron chi connectivity index (χ3n) is 6.57. The van der Waals surface area contributed by atoms with Crippen molar-refractivity contribution in [2.45, 2.75) is 17.9 Å². The van der Waals surface area contributed by atoms with E-state index in [2.05, 4.69) is 0 Å². The zero-order chi connectivity index (χ0) is 30.3. The summed E-state index contributed by atoms with van der Waals surface area (Å²) < 4.78 is 26.7. The number of hydrogen-bond acceptors (Lipinski definition) is 6. The fourth-order valence-corrected chi connectivity index (χ4v) is 6.00. The molecular formula is C31H30N4O6S. The van der Waals surface area contributed by atoms with Crippen molar-refractivity contribution < 1.29 is 27.9 Å². The van der Waals surface area contributed by atoms with Gasteiger partial charge in [-0.25, -0.2) is 8.42 Å². The first-order valence-corrected chi connectivity index (χ1v) is 14.4. The molecule has 0 bridgehead atoms. The average Bonchev–Trinajstić information content (AvgIpc) is 3.45. The first kappa shape index (κ1) is 30.0. The fourth-order valence-electron chi connectivity index (χ4n) is 4.48. The maximum Gasteiger partial charge on any atom is 0.323 e. The summed E-state index contributed by atoms with van der Waals surface area (Å²) in [5.41, 5.74) is 14.4. The summed E-state index contributed by atoms with van der Waals surface area (Å²) in [6.45, 7) is 0.301. The van der Waals surface area contributed by atoms with E-state index in [0.717, 1.165) is 11.1 Å². The summed E-state index contributed by atoms with van der Waals surface area (Å²) in [4.78, 5) is 36.4. The van der Waals surface area contributed by atoms with Crippen LogP contribution < -0.4 is 20.7 Å². The molecular weight excluding hydrogens is 556 g/mol. The van der Waals surface area contributed by atoms with E-state index in [9.17, 15) is 22.8 Å². The third-order valence-corrected chi connectivity index (χ3v) is 8.40. The van der Waals surface area contributed by atoms with Gasteiger partial charge in [0.1, 0.15) is 6.54 Å². The molecule has 4 aromatic rings. The van der Waals surface area contributed by atoms with Gasteiger partial charge in [0, 0.05) is 29.9 Å². The quantitative estimate of drug-likeness (QED) is 0.285. The lowest BCUT2D eigenvalue weighted by Gasteiger charge is -2.21. The van der Waals surface area contributed by atoms with Crippen LogP contribution in [0.4, 0.5) is 11.4 Å². The number of benzene rings is 4. The summed E-state index contributed by atoms with van der Waals surface area (Å²) in [6.07, 6.45) is 0.625. The molecule has 0 spiro atoms. The van der Waals surface area contributed by atoms with Crippen LogP contribution in [0.5, 0.6) is 0 Å². The summed E-state index contributed by atoms with van der Waals surface area (Å²) in [7, 11) is -3.61. The lowest BCUT2D eigenvalue weighted by Crippen LogP contribution is -2.35. The minimum Gasteiger partial charge on any atom is -0.480 e. The van der Waals surface area contributed by atoms with E-state index in [4.69, 9.17) is 16.6 Å². The number of fused-ring (bicyclic) bond motifs is 1. The molecule has 11 heteroatoms. The summed E-state index contributed by atoms with van der Waals surface area (Å²) in [5.74, 6) is -2.00. The van der Waals surface area contributed by atoms with Crippen LogP contribution in [0.1, 0.15) is 31.8 Å². The Kier molecular flexibility index (Phi) is 9.35. The summed E-state index contributed by atoms with van der Waals surface area (Å²) in [5, 5.41) is 9.03. The van der Waals surface area contributed by atoms with Gasteiger partial charge in [-0.2, -0.15) is 0 Å². The van der Waals surface area contributed by atoms with Crippen molar-refractivity contribution in [2.24, 2.45) is 11.5 Å². The molecule has 2 amide bonds. The van der Waals surface area contributed by atoms with E-state index < -0.39 is 28.4 Å². The number of nitrogens with zero attached hydrogens (tertiary/aromatic N) is 2. The molecule has 0 aromatic heterocycles. The summed E-state index contributed by atoms with van der Waals surface area (Å²) >= 11 is 0. The van der Waals surface area contributed by atoms with Crippen LogP contribution in [0.15, 0.2) is 108 Å². The van der Waals surface area contributed by atoms with Gasteiger partial charge in [0.25, 0.3) is 15.9 Å². The number of carboxylic acid groups (broad SMARTS) is 1. The number of carbonyl (C=O) groups excluding carboxylic acids is 2. The Morgan fingerprint density at radius 3 is 2.12 bits per heavy atom. The molecule has 0 aliphatic carbocycles. The van der Waals surface area contributed by atoms with E-state index in [-0.39, 0.29) is 10.8 Å². The second-order valence-corrected chi connectivity index (χ2v) is 11.2. The van der Waals surface area contributed by atoms with E-state index in [1.54, 1.807) is 91.0 Å². The molecule has 1 aliphatic heterocycles. The van der Waals surface area contributed by atoms with Crippen molar-refractivity contribution in [3.8, 4) is 0 Å². The highest BCUT2D eigenvalue weighted by atomic mass is 32.2. The van der Waals surface area contributed by atoms with Gasteiger partial charge in [-0.3, -0.25) is 23.6 Å². The third kappa shape index (κ3) is 6.82. The van der Waals surface area contributed by atoms with Crippen molar-refractivity contribution in [1.29, 1.82) is 0 Å². The number of sulfonamides is 1. The Morgan fingerprint density at radius 1 is 0.833 bits per heavy atom. The Morgan fingerprint density at radius 2 is 1.50 bits per heavy atom. The molecule has 10 nitrogen and oxygen atoms in total. The topological polar surface area (TPSA) is 164 Å². The van der Waals surface area contributed by atoms with Crippen LogP contribution in [0.25, 0.3) is 0 Å². The van der Waals surface area contributed by atoms with Crippen LogP contribution >= 0.6 is 0 Å². The number of carboxylic acids is 1. The van der Waals surface area contributed by atoms with Crippen molar-refractivity contribution in [3.63, 3.8) is 0 Å². The maximum absolute atomic E-state index is 12.7. The van der Waals surface area contributed by atoms with Gasteiger partial charge >= 0.3 is 5.97 Å². The molecule has 0 unspecified atom stereocenters. The van der Waals surface area contributed by atoms with Crippen LogP contribution in [-0.2, 0) is 27.8 Å². The highest BCUT2D eigenvalue weighted by Gasteiger charge is 2.31. The van der Waals surface area contributed by atoms with E-state index in [1.807, 2.05) is 12.1 Å². The highest BCUT2D eigenvalue weighted by molar-refractivity contribution is 7.92. The van der Waals surface area contributed by atoms with Crippen molar-refractivity contribution >= 4 is 39.2 Å². The van der Waals surface area contributed by atoms with Gasteiger partial charge < -0.3 is 16.6 Å². The monoisotopic (exact) mass is 586 g/mol. The predicted molar refractivity (Wildman–Crippen MR) is 160 cm³/mol. The minimum atomic E-state index is -3.61. The maximum atomic E-state index is 12.7. The zero-order valence-corrected chi connectivity index (χ0v) is 23.4. The Hall–Kier alpha value is -5.00. The lowest BCUT2D eigenvalue weighted by molar-refractivity contribution is -0.135. The van der Waals surface area contributed by atoms with Crippen LogP contribution in [0, 0.1) is 0 Å². The second kappa shape index (κ2) is 13.1. The highest BCUT2D eigenvalue weighted by Crippen LogP contribution is 2.33. The van der Waals surface area contributed by atoms with Gasteiger partial charge in [0.05, 0.1) is 10.6 Å². The van der Waals surface area contributed by atoms with E-state index >= 15 is 0 Å². The zero-order valence-electron chi connectivity index (χ0n) is 22.6. The molecule has 0 saturated heterocycles. The van der Waals surface area contributed by atoms with Gasteiger partial charge in [-0.05, 0) is 66.1 Å². The number of primary amides is 1. The minimum absolute atomic E-state index is 0.238. The molecule has 0 saturated carbocycles. The van der Waals surface area contributed by atoms with Gasteiger partial charge in [-0.1, -0.05) is 54.6 Å². The molecule has 5 N–H and O–H groups in total. The fraction of sp³-hybridized carbons (Fsp3) is 0.129. The Bertz CT molecular complexity index is 1700. The number of hydrogen-bond donors (Lipinski definition) is 3.